The average molecular weight is 327 g/mol. The molecule has 2 unspecified atom stereocenters. The zero-order chi connectivity index (χ0) is 17.3. The second-order valence-electron chi connectivity index (χ2n) is 7.33. The van der Waals surface area contributed by atoms with Crippen LogP contribution in [0.5, 0.6) is 0 Å². The van der Waals surface area contributed by atoms with Gasteiger partial charge in [-0.1, -0.05) is 104 Å². The summed E-state index contributed by atoms with van der Waals surface area (Å²) in [6.07, 6.45) is 18.4. The SMILES string of the molecule is CCCCCCCCC(CCCCCC)CC(CCC)C(=O)O. The summed E-state index contributed by atoms with van der Waals surface area (Å²) in [5.41, 5.74) is 0. The zero-order valence-electron chi connectivity index (χ0n) is 16.1. The molecule has 0 aromatic heterocycles. The highest BCUT2D eigenvalue weighted by atomic mass is 16.4. The lowest BCUT2D eigenvalue weighted by Crippen LogP contribution is -2.18. The number of carboxylic acids is 1. The van der Waals surface area contributed by atoms with Crippen molar-refractivity contribution in [2.75, 3.05) is 0 Å². The molecule has 0 aromatic carbocycles. The Balaban J connectivity index is 4.17. The fraction of sp³-hybridized carbons (Fsp3) is 0.952. The van der Waals surface area contributed by atoms with Gasteiger partial charge in [-0.2, -0.15) is 0 Å². The summed E-state index contributed by atoms with van der Waals surface area (Å²) in [6.45, 7) is 6.60. The maximum atomic E-state index is 11.4. The van der Waals surface area contributed by atoms with Gasteiger partial charge in [0.25, 0.3) is 0 Å². The van der Waals surface area contributed by atoms with E-state index in [1.165, 1.54) is 77.0 Å². The molecule has 138 valence electrons. The van der Waals surface area contributed by atoms with E-state index in [2.05, 4.69) is 20.8 Å². The second-order valence-corrected chi connectivity index (χ2v) is 7.33. The molecule has 0 radical (unpaired) electrons. The minimum Gasteiger partial charge on any atom is -0.481 e. The van der Waals surface area contributed by atoms with Crippen LogP contribution < -0.4 is 0 Å². The molecular formula is C21H42O2. The molecule has 23 heavy (non-hydrogen) atoms. The maximum Gasteiger partial charge on any atom is 0.306 e. The average Bonchev–Trinajstić information content (AvgIpc) is 2.53. The Morgan fingerprint density at radius 3 is 1.65 bits per heavy atom. The second kappa shape index (κ2) is 16.3. The summed E-state index contributed by atoms with van der Waals surface area (Å²) in [5.74, 6) is -0.0599. The van der Waals surface area contributed by atoms with Gasteiger partial charge in [0.15, 0.2) is 0 Å². The van der Waals surface area contributed by atoms with Gasteiger partial charge < -0.3 is 5.11 Å². The van der Waals surface area contributed by atoms with E-state index < -0.39 is 5.97 Å². The molecule has 0 fully saturated rings. The lowest BCUT2D eigenvalue weighted by Gasteiger charge is -2.21. The first-order chi connectivity index (χ1) is 11.2. The largest absolute Gasteiger partial charge is 0.481 e. The van der Waals surface area contributed by atoms with Gasteiger partial charge in [0, 0.05) is 0 Å². The van der Waals surface area contributed by atoms with Crippen LogP contribution in [-0.2, 0) is 4.79 Å². The van der Waals surface area contributed by atoms with Crippen molar-refractivity contribution < 1.29 is 9.90 Å². The van der Waals surface area contributed by atoms with E-state index >= 15 is 0 Å². The van der Waals surface area contributed by atoms with Crippen molar-refractivity contribution in [3.8, 4) is 0 Å². The van der Waals surface area contributed by atoms with Crippen molar-refractivity contribution in [2.45, 2.75) is 117 Å². The van der Waals surface area contributed by atoms with Gasteiger partial charge in [0.05, 0.1) is 5.92 Å². The van der Waals surface area contributed by atoms with Gasteiger partial charge in [-0.25, -0.2) is 0 Å². The molecule has 0 spiro atoms. The lowest BCUT2D eigenvalue weighted by molar-refractivity contribution is -0.142. The van der Waals surface area contributed by atoms with Gasteiger partial charge in [-0.05, 0) is 18.8 Å². The third-order valence-corrected chi connectivity index (χ3v) is 5.04. The van der Waals surface area contributed by atoms with E-state index in [1.807, 2.05) is 0 Å². The number of carbonyl (C=O) groups is 1. The molecule has 0 bridgehead atoms. The minimum atomic E-state index is -0.576. The van der Waals surface area contributed by atoms with Crippen LogP contribution in [0, 0.1) is 11.8 Å². The summed E-state index contributed by atoms with van der Waals surface area (Å²) >= 11 is 0. The van der Waals surface area contributed by atoms with Gasteiger partial charge in [-0.3, -0.25) is 4.79 Å². The van der Waals surface area contributed by atoms with Gasteiger partial charge in [-0.15, -0.1) is 0 Å². The number of unbranched alkanes of at least 4 members (excludes halogenated alkanes) is 8. The molecule has 1 N–H and O–H groups in total. The van der Waals surface area contributed by atoms with E-state index in [1.54, 1.807) is 0 Å². The maximum absolute atomic E-state index is 11.4. The third kappa shape index (κ3) is 13.6. The highest BCUT2D eigenvalue weighted by Crippen LogP contribution is 2.27. The predicted octanol–water partition coefficient (Wildman–Crippen LogP) is 7.21. The van der Waals surface area contributed by atoms with E-state index in [9.17, 15) is 9.90 Å². The molecular weight excluding hydrogens is 284 g/mol. The molecule has 0 rings (SSSR count). The Labute approximate surface area is 145 Å². The molecule has 0 amide bonds. The predicted molar refractivity (Wildman–Crippen MR) is 101 cm³/mol. The van der Waals surface area contributed by atoms with Crippen molar-refractivity contribution in [2.24, 2.45) is 11.8 Å². The summed E-state index contributed by atoms with van der Waals surface area (Å²) in [6, 6.07) is 0. The molecule has 2 nitrogen and oxygen atoms in total. The molecule has 2 atom stereocenters. The molecule has 0 aromatic rings. The highest BCUT2D eigenvalue weighted by Gasteiger charge is 2.21. The number of aliphatic carboxylic acids is 1. The van der Waals surface area contributed by atoms with E-state index in [-0.39, 0.29) is 5.92 Å². The standard InChI is InChI=1S/C21H42O2/c1-4-7-9-11-12-14-17-19(16-13-10-8-5-2)18-20(15-6-3)21(22)23/h19-20H,4-18H2,1-3H3,(H,22,23). The number of rotatable bonds is 17. The quantitative estimate of drug-likeness (QED) is 0.287. The first kappa shape index (κ1) is 22.5. The Bertz CT molecular complexity index is 263. The van der Waals surface area contributed by atoms with Crippen molar-refractivity contribution in [1.29, 1.82) is 0 Å². The van der Waals surface area contributed by atoms with Crippen LogP contribution in [0.2, 0.25) is 0 Å². The third-order valence-electron chi connectivity index (χ3n) is 5.04. The molecule has 0 aliphatic carbocycles. The smallest absolute Gasteiger partial charge is 0.306 e. The fourth-order valence-electron chi connectivity index (χ4n) is 3.55. The van der Waals surface area contributed by atoms with Gasteiger partial charge in [0.2, 0.25) is 0 Å². The van der Waals surface area contributed by atoms with Crippen molar-refractivity contribution in [3.63, 3.8) is 0 Å². The Morgan fingerprint density at radius 1 is 0.696 bits per heavy atom. The van der Waals surface area contributed by atoms with Crippen molar-refractivity contribution in [1.82, 2.24) is 0 Å². The van der Waals surface area contributed by atoms with E-state index in [0.717, 1.165) is 19.3 Å². The summed E-state index contributed by atoms with van der Waals surface area (Å²) in [4.78, 5) is 11.4. The number of hydrogen-bond acceptors (Lipinski definition) is 1. The van der Waals surface area contributed by atoms with Crippen LogP contribution in [0.3, 0.4) is 0 Å². The van der Waals surface area contributed by atoms with Crippen LogP contribution in [0.4, 0.5) is 0 Å². The fourth-order valence-corrected chi connectivity index (χ4v) is 3.55. The lowest BCUT2D eigenvalue weighted by atomic mass is 9.84. The summed E-state index contributed by atoms with van der Waals surface area (Å²) < 4.78 is 0. The molecule has 2 heteroatoms. The molecule has 0 saturated carbocycles. The van der Waals surface area contributed by atoms with Gasteiger partial charge >= 0.3 is 5.97 Å². The normalized spacial score (nSPS) is 13.9. The zero-order valence-corrected chi connectivity index (χ0v) is 16.1. The first-order valence-corrected chi connectivity index (χ1v) is 10.4. The molecule has 0 heterocycles. The summed E-state index contributed by atoms with van der Waals surface area (Å²) in [5, 5.41) is 9.43. The number of hydrogen-bond donors (Lipinski definition) is 1. The first-order valence-electron chi connectivity index (χ1n) is 10.4. The van der Waals surface area contributed by atoms with Crippen molar-refractivity contribution >= 4 is 5.97 Å². The highest BCUT2D eigenvalue weighted by molar-refractivity contribution is 5.69. The monoisotopic (exact) mass is 326 g/mol. The van der Waals surface area contributed by atoms with Crippen LogP contribution in [0.1, 0.15) is 117 Å². The molecule has 0 saturated heterocycles. The summed E-state index contributed by atoms with van der Waals surface area (Å²) in [7, 11) is 0. The Morgan fingerprint density at radius 2 is 1.17 bits per heavy atom. The number of carboxylic acid groups (broad SMARTS) is 1. The Kier molecular flexibility index (Phi) is 16.0. The topological polar surface area (TPSA) is 37.3 Å². The minimum absolute atomic E-state index is 0.115. The van der Waals surface area contributed by atoms with Gasteiger partial charge in [0.1, 0.15) is 0 Å². The van der Waals surface area contributed by atoms with Crippen LogP contribution in [-0.4, -0.2) is 11.1 Å². The molecule has 0 aliphatic rings. The van der Waals surface area contributed by atoms with Crippen LogP contribution in [0.15, 0.2) is 0 Å². The van der Waals surface area contributed by atoms with Crippen LogP contribution >= 0.6 is 0 Å². The van der Waals surface area contributed by atoms with E-state index in [0.29, 0.717) is 5.92 Å². The van der Waals surface area contributed by atoms with E-state index in [4.69, 9.17) is 0 Å². The molecule has 0 aliphatic heterocycles. The van der Waals surface area contributed by atoms with Crippen molar-refractivity contribution in [3.05, 3.63) is 0 Å². The van der Waals surface area contributed by atoms with Crippen LogP contribution in [0.25, 0.3) is 0 Å². The Hall–Kier alpha value is -0.530.